The maximum absolute atomic E-state index is 11.5. The van der Waals surface area contributed by atoms with Gasteiger partial charge in [-0.25, -0.2) is 0 Å². The molecule has 0 aliphatic carbocycles. The zero-order valence-electron chi connectivity index (χ0n) is 7.27. The molecule has 2 aromatic rings. The molecule has 68 valence electrons. The molecule has 0 radical (unpaired) electrons. The molecule has 0 atom stereocenters. The van der Waals surface area contributed by atoms with Gasteiger partial charge >= 0.3 is 0 Å². The largest absolute Gasteiger partial charge is 0.394 e. The molecule has 0 saturated carbocycles. The van der Waals surface area contributed by atoms with E-state index in [0.29, 0.717) is 11.1 Å². The average Bonchev–Trinajstić information content (AvgIpc) is 2.23. The summed E-state index contributed by atoms with van der Waals surface area (Å²) in [5.74, 6) is 0. The quantitative estimate of drug-likeness (QED) is 0.658. The molecule has 0 aliphatic rings. The highest BCUT2D eigenvalue weighted by Crippen LogP contribution is 2.09. The summed E-state index contributed by atoms with van der Waals surface area (Å²) < 4.78 is 1.37. The Hall–Kier alpha value is -2.28. The van der Waals surface area contributed by atoms with Crippen molar-refractivity contribution in [3.05, 3.63) is 46.4 Å². The molecule has 0 unspecified atom stereocenters. The Morgan fingerprint density at radius 1 is 1.43 bits per heavy atom. The molecule has 4 heteroatoms. The zero-order chi connectivity index (χ0) is 10.1. The second-order valence-electron chi connectivity index (χ2n) is 2.89. The summed E-state index contributed by atoms with van der Waals surface area (Å²) in [4.78, 5) is 11.5. The van der Waals surface area contributed by atoms with E-state index in [4.69, 9.17) is 11.0 Å². The lowest BCUT2D eigenvalue weighted by atomic mass is 10.2. The summed E-state index contributed by atoms with van der Waals surface area (Å²) in [7, 11) is 0. The number of hydrogen-bond acceptors (Lipinski definition) is 3. The summed E-state index contributed by atoms with van der Waals surface area (Å²) in [6, 6.07) is 8.59. The first-order valence-electron chi connectivity index (χ1n) is 4.04. The minimum Gasteiger partial charge on any atom is -0.394 e. The van der Waals surface area contributed by atoms with Crippen molar-refractivity contribution >= 4 is 11.2 Å². The van der Waals surface area contributed by atoms with E-state index in [2.05, 4.69) is 0 Å². The van der Waals surface area contributed by atoms with Crippen LogP contribution < -0.4 is 11.3 Å². The van der Waals surface area contributed by atoms with Gasteiger partial charge in [0.2, 0.25) is 0 Å². The van der Waals surface area contributed by atoms with Gasteiger partial charge < -0.3 is 5.73 Å². The Kier molecular flexibility index (Phi) is 1.72. The zero-order valence-corrected chi connectivity index (χ0v) is 7.27. The predicted octanol–water partition coefficient (Wildman–Crippen LogP) is 0.753. The standard InChI is InChI=1S/C10H7N3O/c11-6-7-5-8(12)10(14)13-4-2-1-3-9(7)13/h1-5H,12H2. The summed E-state index contributed by atoms with van der Waals surface area (Å²) in [6.45, 7) is 0. The van der Waals surface area contributed by atoms with Gasteiger partial charge in [0.25, 0.3) is 5.56 Å². The van der Waals surface area contributed by atoms with Crippen molar-refractivity contribution in [3.8, 4) is 6.07 Å². The molecule has 0 fully saturated rings. The fraction of sp³-hybridized carbons (Fsp3) is 0. The monoisotopic (exact) mass is 185 g/mol. The second kappa shape index (κ2) is 2.89. The number of nitrogen functional groups attached to an aromatic ring is 1. The smallest absolute Gasteiger partial charge is 0.278 e. The van der Waals surface area contributed by atoms with Crippen LogP contribution in [-0.2, 0) is 0 Å². The van der Waals surface area contributed by atoms with Crippen molar-refractivity contribution in [1.82, 2.24) is 4.40 Å². The van der Waals surface area contributed by atoms with E-state index in [-0.39, 0.29) is 11.2 Å². The minimum absolute atomic E-state index is 0.0882. The van der Waals surface area contributed by atoms with Crippen molar-refractivity contribution < 1.29 is 0 Å². The van der Waals surface area contributed by atoms with E-state index in [1.165, 1.54) is 10.5 Å². The summed E-state index contributed by atoms with van der Waals surface area (Å²) in [6.07, 6.45) is 1.59. The van der Waals surface area contributed by atoms with Gasteiger partial charge in [-0.3, -0.25) is 9.20 Å². The van der Waals surface area contributed by atoms with Crippen LogP contribution in [0, 0.1) is 11.3 Å². The molecule has 2 N–H and O–H groups in total. The molecule has 0 bridgehead atoms. The van der Waals surface area contributed by atoms with Crippen LogP contribution in [0.25, 0.3) is 5.52 Å². The number of nitrogens with zero attached hydrogens (tertiary/aromatic N) is 2. The van der Waals surface area contributed by atoms with Crippen LogP contribution in [0.5, 0.6) is 0 Å². The molecule has 0 aromatic carbocycles. The van der Waals surface area contributed by atoms with Gasteiger partial charge in [0.15, 0.2) is 0 Å². The van der Waals surface area contributed by atoms with Crippen LogP contribution in [0.15, 0.2) is 35.3 Å². The van der Waals surface area contributed by atoms with E-state index in [1.807, 2.05) is 6.07 Å². The van der Waals surface area contributed by atoms with Crippen molar-refractivity contribution in [2.75, 3.05) is 5.73 Å². The van der Waals surface area contributed by atoms with Crippen molar-refractivity contribution in [2.24, 2.45) is 0 Å². The maximum atomic E-state index is 11.5. The van der Waals surface area contributed by atoms with Crippen LogP contribution in [0.3, 0.4) is 0 Å². The van der Waals surface area contributed by atoms with E-state index in [9.17, 15) is 4.79 Å². The molecule has 0 spiro atoms. The minimum atomic E-state index is -0.292. The number of aromatic nitrogens is 1. The molecule has 2 heterocycles. The lowest BCUT2D eigenvalue weighted by Crippen LogP contribution is -2.17. The predicted molar refractivity (Wildman–Crippen MR) is 52.8 cm³/mol. The molecule has 14 heavy (non-hydrogen) atoms. The van der Waals surface area contributed by atoms with E-state index >= 15 is 0 Å². The Morgan fingerprint density at radius 3 is 2.93 bits per heavy atom. The summed E-state index contributed by atoms with van der Waals surface area (Å²) in [5.41, 5.74) is 6.26. The molecule has 4 nitrogen and oxygen atoms in total. The lowest BCUT2D eigenvalue weighted by Gasteiger charge is -2.02. The fourth-order valence-corrected chi connectivity index (χ4v) is 1.36. The molecule has 2 rings (SSSR count). The molecular weight excluding hydrogens is 178 g/mol. The van der Waals surface area contributed by atoms with Crippen molar-refractivity contribution in [3.63, 3.8) is 0 Å². The first-order valence-corrected chi connectivity index (χ1v) is 4.04. The van der Waals surface area contributed by atoms with E-state index in [0.717, 1.165) is 0 Å². The Balaban J connectivity index is 3.07. The van der Waals surface area contributed by atoms with Gasteiger partial charge in [-0.15, -0.1) is 0 Å². The van der Waals surface area contributed by atoms with Gasteiger partial charge in [-0.2, -0.15) is 5.26 Å². The number of fused-ring (bicyclic) bond motifs is 1. The number of nitrogens with two attached hydrogens (primary N) is 1. The Morgan fingerprint density at radius 2 is 2.21 bits per heavy atom. The van der Waals surface area contributed by atoms with Gasteiger partial charge in [-0.05, 0) is 18.2 Å². The SMILES string of the molecule is N#Cc1cc(N)c(=O)n2ccccc12. The Bertz CT molecular complexity index is 592. The number of hydrogen-bond donors (Lipinski definition) is 1. The van der Waals surface area contributed by atoms with E-state index < -0.39 is 0 Å². The normalized spacial score (nSPS) is 9.93. The molecular formula is C10H7N3O. The first kappa shape index (κ1) is 8.32. The molecule has 2 aromatic heterocycles. The highest BCUT2D eigenvalue weighted by molar-refractivity contribution is 5.64. The number of nitriles is 1. The fourth-order valence-electron chi connectivity index (χ4n) is 1.36. The molecule has 0 saturated heterocycles. The van der Waals surface area contributed by atoms with Crippen LogP contribution in [0.2, 0.25) is 0 Å². The lowest BCUT2D eigenvalue weighted by molar-refractivity contribution is 1.10. The van der Waals surface area contributed by atoms with Gasteiger partial charge in [0.05, 0.1) is 16.8 Å². The van der Waals surface area contributed by atoms with Crippen molar-refractivity contribution in [1.29, 1.82) is 5.26 Å². The molecule has 0 amide bonds. The summed E-state index contributed by atoms with van der Waals surface area (Å²) in [5, 5.41) is 8.83. The third-order valence-electron chi connectivity index (χ3n) is 2.02. The molecule has 0 aliphatic heterocycles. The number of rotatable bonds is 0. The highest BCUT2D eigenvalue weighted by Gasteiger charge is 2.04. The third kappa shape index (κ3) is 1.04. The van der Waals surface area contributed by atoms with Crippen LogP contribution in [-0.4, -0.2) is 4.40 Å². The van der Waals surface area contributed by atoms with Gasteiger partial charge in [0, 0.05) is 6.20 Å². The number of pyridine rings is 2. The van der Waals surface area contributed by atoms with Crippen molar-refractivity contribution in [2.45, 2.75) is 0 Å². The Labute approximate surface area is 79.8 Å². The third-order valence-corrected chi connectivity index (χ3v) is 2.02. The van der Waals surface area contributed by atoms with E-state index in [1.54, 1.807) is 24.4 Å². The summed E-state index contributed by atoms with van der Waals surface area (Å²) >= 11 is 0. The topological polar surface area (TPSA) is 71.3 Å². The first-order chi connectivity index (χ1) is 6.74. The highest BCUT2D eigenvalue weighted by atomic mass is 16.1. The average molecular weight is 185 g/mol. The van der Waals surface area contributed by atoms with Gasteiger partial charge in [-0.1, -0.05) is 6.07 Å². The van der Waals surface area contributed by atoms with Gasteiger partial charge in [0.1, 0.15) is 6.07 Å². The number of anilines is 1. The second-order valence-corrected chi connectivity index (χ2v) is 2.89. The van der Waals surface area contributed by atoms with Crippen LogP contribution in [0.1, 0.15) is 5.56 Å². The van der Waals surface area contributed by atoms with Crippen LogP contribution >= 0.6 is 0 Å². The maximum Gasteiger partial charge on any atom is 0.278 e. The van der Waals surface area contributed by atoms with Crippen LogP contribution in [0.4, 0.5) is 5.69 Å².